The molecule has 0 unspecified atom stereocenters. The third-order valence-electron chi connectivity index (χ3n) is 4.03. The van der Waals surface area contributed by atoms with Gasteiger partial charge in [-0.15, -0.1) is 0 Å². The van der Waals surface area contributed by atoms with Crippen LogP contribution in [0.25, 0.3) is 11.1 Å². The fourth-order valence-electron chi connectivity index (χ4n) is 2.60. The van der Waals surface area contributed by atoms with E-state index in [4.69, 9.17) is 9.47 Å². The molecule has 22 heavy (non-hydrogen) atoms. The Balaban J connectivity index is 2.66. The van der Waals surface area contributed by atoms with Crippen LogP contribution in [0.4, 0.5) is 0 Å². The van der Waals surface area contributed by atoms with E-state index < -0.39 is 7.14 Å². The predicted molar refractivity (Wildman–Crippen MR) is 93.3 cm³/mol. The fraction of sp³-hybridized carbons (Fsp3) is 0.333. The topological polar surface area (TPSA) is 35.5 Å². The maximum Gasteiger partial charge on any atom is 0.123 e. The molecule has 0 bridgehead atoms. The van der Waals surface area contributed by atoms with E-state index in [1.807, 2.05) is 56.3 Å². The third-order valence-corrected chi connectivity index (χ3v) is 7.34. The molecular weight excluding hydrogens is 295 g/mol. The maximum atomic E-state index is 13.2. The number of rotatable bonds is 6. The molecule has 0 atom stereocenters. The van der Waals surface area contributed by atoms with Gasteiger partial charge in [0, 0.05) is 23.7 Å². The average Bonchev–Trinajstić information content (AvgIpc) is 2.60. The van der Waals surface area contributed by atoms with Crippen LogP contribution in [0.3, 0.4) is 0 Å². The van der Waals surface area contributed by atoms with E-state index in [1.165, 1.54) is 0 Å². The molecule has 0 spiro atoms. The molecule has 0 aliphatic carbocycles. The minimum absolute atomic E-state index is 0.668. The Labute approximate surface area is 132 Å². The predicted octanol–water partition coefficient (Wildman–Crippen LogP) is 4.40. The molecule has 0 aromatic heterocycles. The van der Waals surface area contributed by atoms with Crippen molar-refractivity contribution in [3.8, 4) is 22.6 Å². The van der Waals surface area contributed by atoms with Crippen LogP contribution in [0.1, 0.15) is 13.8 Å². The largest absolute Gasteiger partial charge is 0.497 e. The molecule has 0 aliphatic rings. The maximum absolute atomic E-state index is 13.2. The van der Waals surface area contributed by atoms with Crippen LogP contribution in [0.2, 0.25) is 0 Å². The Hall–Kier alpha value is -1.73. The van der Waals surface area contributed by atoms with E-state index >= 15 is 0 Å². The summed E-state index contributed by atoms with van der Waals surface area (Å²) in [5.74, 6) is 1.46. The standard InChI is InChI=1S/C18H23O3P/c1-5-22(19,6-2)18-10-8-7-9-17(18)14-11-15(20-3)13-16(12-14)21-4/h7-13H,5-6H2,1-4H3. The molecule has 2 aromatic carbocycles. The van der Waals surface area contributed by atoms with Gasteiger partial charge in [0.15, 0.2) is 0 Å². The molecule has 4 heteroatoms. The van der Waals surface area contributed by atoms with Gasteiger partial charge in [-0.25, -0.2) is 0 Å². The molecule has 118 valence electrons. The molecule has 0 aliphatic heterocycles. The second-order valence-electron chi connectivity index (χ2n) is 5.14. The van der Waals surface area contributed by atoms with Gasteiger partial charge in [-0.05, 0) is 23.3 Å². The Morgan fingerprint density at radius 1 is 0.909 bits per heavy atom. The first-order chi connectivity index (χ1) is 10.6. The number of ether oxygens (including phenoxy) is 2. The molecule has 0 N–H and O–H groups in total. The second-order valence-corrected chi connectivity index (χ2v) is 8.67. The molecular formula is C18H23O3P. The van der Waals surface area contributed by atoms with Crippen LogP contribution >= 0.6 is 7.14 Å². The van der Waals surface area contributed by atoms with E-state index in [0.717, 1.165) is 27.9 Å². The highest BCUT2D eigenvalue weighted by Crippen LogP contribution is 2.46. The first-order valence-electron chi connectivity index (χ1n) is 7.49. The van der Waals surface area contributed by atoms with Crippen LogP contribution in [0.15, 0.2) is 42.5 Å². The van der Waals surface area contributed by atoms with Crippen LogP contribution in [-0.4, -0.2) is 26.5 Å². The lowest BCUT2D eigenvalue weighted by Gasteiger charge is -2.19. The van der Waals surface area contributed by atoms with Gasteiger partial charge in [0.25, 0.3) is 0 Å². The molecule has 0 radical (unpaired) electrons. The minimum Gasteiger partial charge on any atom is -0.497 e. The average molecular weight is 318 g/mol. The summed E-state index contributed by atoms with van der Waals surface area (Å²) in [6.07, 6.45) is 1.34. The van der Waals surface area contributed by atoms with Crippen LogP contribution < -0.4 is 14.8 Å². The van der Waals surface area contributed by atoms with Gasteiger partial charge in [-0.1, -0.05) is 38.1 Å². The smallest absolute Gasteiger partial charge is 0.123 e. The first-order valence-corrected chi connectivity index (χ1v) is 9.56. The number of hydrogen-bond acceptors (Lipinski definition) is 3. The molecule has 2 aromatic rings. The zero-order valence-corrected chi connectivity index (χ0v) is 14.5. The highest BCUT2D eigenvalue weighted by Gasteiger charge is 2.23. The van der Waals surface area contributed by atoms with E-state index in [2.05, 4.69) is 0 Å². The summed E-state index contributed by atoms with van der Waals surface area (Å²) in [4.78, 5) is 0. The summed E-state index contributed by atoms with van der Waals surface area (Å²) >= 11 is 0. The lowest BCUT2D eigenvalue weighted by Crippen LogP contribution is -2.11. The van der Waals surface area contributed by atoms with Crippen molar-refractivity contribution in [2.45, 2.75) is 13.8 Å². The Morgan fingerprint density at radius 2 is 1.45 bits per heavy atom. The van der Waals surface area contributed by atoms with E-state index in [1.54, 1.807) is 14.2 Å². The fourth-order valence-corrected chi connectivity index (χ4v) is 4.73. The van der Waals surface area contributed by atoms with E-state index in [-0.39, 0.29) is 0 Å². The van der Waals surface area contributed by atoms with Gasteiger partial charge in [-0.3, -0.25) is 0 Å². The number of hydrogen-bond donors (Lipinski definition) is 0. The highest BCUT2D eigenvalue weighted by atomic mass is 31.2. The summed E-state index contributed by atoms with van der Waals surface area (Å²) in [5, 5.41) is 0.940. The number of benzene rings is 2. The summed E-state index contributed by atoms with van der Waals surface area (Å²) in [7, 11) is 0.899. The van der Waals surface area contributed by atoms with Crippen LogP contribution in [-0.2, 0) is 4.57 Å². The Bertz CT molecular complexity index is 664. The zero-order valence-electron chi connectivity index (χ0n) is 13.6. The summed E-state index contributed by atoms with van der Waals surface area (Å²) in [6.45, 7) is 3.99. The zero-order chi connectivity index (χ0) is 16.2. The van der Waals surface area contributed by atoms with Crippen molar-refractivity contribution in [3.05, 3.63) is 42.5 Å². The number of methoxy groups -OCH3 is 2. The van der Waals surface area contributed by atoms with E-state index in [9.17, 15) is 4.57 Å². The summed E-state index contributed by atoms with van der Waals surface area (Å²) in [5.41, 5.74) is 1.96. The van der Waals surface area contributed by atoms with Crippen molar-refractivity contribution >= 4 is 12.4 Å². The van der Waals surface area contributed by atoms with Crippen molar-refractivity contribution in [1.82, 2.24) is 0 Å². The van der Waals surface area contributed by atoms with Crippen molar-refractivity contribution < 1.29 is 14.0 Å². The molecule has 3 nitrogen and oxygen atoms in total. The lowest BCUT2D eigenvalue weighted by molar-refractivity contribution is 0.394. The van der Waals surface area contributed by atoms with Crippen molar-refractivity contribution in [2.24, 2.45) is 0 Å². The summed E-state index contributed by atoms with van der Waals surface area (Å²) in [6, 6.07) is 13.7. The first kappa shape index (κ1) is 16.6. The van der Waals surface area contributed by atoms with Crippen LogP contribution in [0, 0.1) is 0 Å². The molecule has 0 saturated heterocycles. The Kier molecular flexibility index (Phi) is 5.31. The molecule has 2 rings (SSSR count). The van der Waals surface area contributed by atoms with Gasteiger partial charge in [0.2, 0.25) is 0 Å². The van der Waals surface area contributed by atoms with Crippen molar-refractivity contribution in [2.75, 3.05) is 26.5 Å². The minimum atomic E-state index is -2.37. The van der Waals surface area contributed by atoms with Gasteiger partial charge >= 0.3 is 0 Å². The van der Waals surface area contributed by atoms with Gasteiger partial charge in [0.05, 0.1) is 14.2 Å². The van der Waals surface area contributed by atoms with Gasteiger partial charge in [-0.2, -0.15) is 0 Å². The van der Waals surface area contributed by atoms with Crippen LogP contribution in [0.5, 0.6) is 11.5 Å². The molecule has 0 amide bonds. The monoisotopic (exact) mass is 318 g/mol. The van der Waals surface area contributed by atoms with Crippen molar-refractivity contribution in [1.29, 1.82) is 0 Å². The van der Waals surface area contributed by atoms with Gasteiger partial charge in [0.1, 0.15) is 18.6 Å². The molecule has 0 saturated carbocycles. The Morgan fingerprint density at radius 3 is 1.95 bits per heavy atom. The third kappa shape index (κ3) is 3.20. The van der Waals surface area contributed by atoms with Gasteiger partial charge < -0.3 is 14.0 Å². The SMILES string of the molecule is CCP(=O)(CC)c1ccccc1-c1cc(OC)cc(OC)c1. The molecule has 0 fully saturated rings. The van der Waals surface area contributed by atoms with Crippen molar-refractivity contribution in [3.63, 3.8) is 0 Å². The van der Waals surface area contributed by atoms with E-state index in [0.29, 0.717) is 12.3 Å². The second kappa shape index (κ2) is 7.02. The normalized spacial score (nSPS) is 11.3. The quantitative estimate of drug-likeness (QED) is 0.741. The lowest BCUT2D eigenvalue weighted by atomic mass is 10.0. The highest BCUT2D eigenvalue weighted by molar-refractivity contribution is 7.71. The molecule has 0 heterocycles. The summed E-state index contributed by atoms with van der Waals surface area (Å²) < 4.78 is 23.9.